The first kappa shape index (κ1) is 12.2. The van der Waals surface area contributed by atoms with Gasteiger partial charge in [0.15, 0.2) is 0 Å². The van der Waals surface area contributed by atoms with Crippen LogP contribution in [0.4, 0.5) is 17.1 Å². The van der Waals surface area contributed by atoms with Gasteiger partial charge in [-0.25, -0.2) is 0 Å². The minimum absolute atomic E-state index is 0.109. The molecular weight excluding hydrogens is 313 g/mol. The maximum Gasteiger partial charge on any atom is 0.297 e. The van der Waals surface area contributed by atoms with Crippen molar-refractivity contribution in [2.24, 2.45) is 8.73 Å². The van der Waals surface area contributed by atoms with Gasteiger partial charge in [0.25, 0.3) is 11.7 Å². The van der Waals surface area contributed by atoms with Gasteiger partial charge >= 0.3 is 0 Å². The smallest absolute Gasteiger partial charge is 0.297 e. The number of aromatic nitrogens is 4. The molecule has 1 amide bonds. The number of nitrogens with zero attached hydrogens (tertiary/aromatic N) is 5. The van der Waals surface area contributed by atoms with Gasteiger partial charge in [-0.1, -0.05) is 23.2 Å². The number of anilines is 1. The van der Waals surface area contributed by atoms with Gasteiger partial charge in [-0.2, -0.15) is 13.9 Å². The molecule has 2 N–H and O–H groups in total. The van der Waals surface area contributed by atoms with Gasteiger partial charge in [0, 0.05) is 0 Å². The highest BCUT2D eigenvalue weighted by Gasteiger charge is 2.21. The fourth-order valence-corrected chi connectivity index (χ4v) is 2.58. The molecule has 0 saturated carbocycles. The van der Waals surface area contributed by atoms with E-state index in [4.69, 9.17) is 23.2 Å². The standard InChI is InChI=1S/C8H3Cl2N7OS/c9-2-1-3(10)5-6(15-19-14-5)4(2)11-8(18)7-12-16-17-13-7/h1H,(H,11,18)(H,12,13,16,17). The number of fused-ring (bicyclic) bond motifs is 1. The molecule has 8 nitrogen and oxygen atoms in total. The van der Waals surface area contributed by atoms with Crippen molar-refractivity contribution in [3.05, 3.63) is 21.9 Å². The Morgan fingerprint density at radius 2 is 2.05 bits per heavy atom. The molecule has 11 heteroatoms. The highest BCUT2D eigenvalue weighted by Crippen LogP contribution is 2.47. The zero-order valence-electron chi connectivity index (χ0n) is 8.89. The van der Waals surface area contributed by atoms with E-state index in [1.54, 1.807) is 0 Å². The second kappa shape index (κ2) is 4.68. The summed E-state index contributed by atoms with van der Waals surface area (Å²) >= 11 is 13.0. The summed E-state index contributed by atoms with van der Waals surface area (Å²) in [6, 6.07) is 1.48. The molecule has 1 aliphatic heterocycles. The number of amides is 1. The van der Waals surface area contributed by atoms with Gasteiger partial charge < -0.3 is 5.32 Å². The van der Waals surface area contributed by atoms with Crippen LogP contribution in [-0.4, -0.2) is 26.5 Å². The number of nitrogens with one attached hydrogen (secondary N) is 2. The molecule has 0 bridgehead atoms. The lowest BCUT2D eigenvalue weighted by molar-refractivity contribution is 0.101. The maximum absolute atomic E-state index is 11.8. The SMILES string of the molecule is O=C(Nc1c(Cl)cc(Cl)c2c1N=S=N2)c1nn[nH]n1. The van der Waals surface area contributed by atoms with Crippen LogP contribution in [0, 0.1) is 0 Å². The second-order valence-corrected chi connectivity index (χ2v) is 4.71. The molecule has 1 aromatic heterocycles. The van der Waals surface area contributed by atoms with E-state index in [1.165, 1.54) is 6.07 Å². The lowest BCUT2D eigenvalue weighted by atomic mass is 10.2. The maximum atomic E-state index is 11.8. The van der Waals surface area contributed by atoms with Crippen LogP contribution in [0.5, 0.6) is 0 Å². The van der Waals surface area contributed by atoms with Crippen LogP contribution in [0.25, 0.3) is 0 Å². The molecule has 0 unspecified atom stereocenters. The number of carbonyl (C=O) groups is 1. The van der Waals surface area contributed by atoms with Gasteiger partial charge in [-0.3, -0.25) is 4.79 Å². The molecule has 1 aliphatic rings. The Bertz CT molecular complexity index is 738. The summed E-state index contributed by atoms with van der Waals surface area (Å²) in [6.07, 6.45) is 0. The molecule has 3 rings (SSSR count). The van der Waals surface area contributed by atoms with E-state index < -0.39 is 5.91 Å². The van der Waals surface area contributed by atoms with Crippen LogP contribution in [0.3, 0.4) is 0 Å². The predicted octanol–water partition coefficient (Wildman–Crippen LogP) is 2.49. The first-order chi connectivity index (χ1) is 9.16. The van der Waals surface area contributed by atoms with E-state index in [-0.39, 0.29) is 10.8 Å². The van der Waals surface area contributed by atoms with Crippen molar-refractivity contribution >= 4 is 57.5 Å². The summed E-state index contributed by atoms with van der Waals surface area (Å²) in [4.78, 5) is 11.8. The normalized spacial score (nSPS) is 12.1. The topological polar surface area (TPSA) is 108 Å². The lowest BCUT2D eigenvalue weighted by Gasteiger charge is -2.09. The van der Waals surface area contributed by atoms with Crippen molar-refractivity contribution in [3.8, 4) is 0 Å². The van der Waals surface area contributed by atoms with Crippen molar-refractivity contribution in [2.75, 3.05) is 5.32 Å². The minimum atomic E-state index is -0.563. The van der Waals surface area contributed by atoms with Crippen molar-refractivity contribution in [3.63, 3.8) is 0 Å². The Balaban J connectivity index is 2.01. The van der Waals surface area contributed by atoms with Crippen LogP contribution < -0.4 is 5.32 Å². The van der Waals surface area contributed by atoms with Gasteiger partial charge in [-0.05, 0) is 11.3 Å². The van der Waals surface area contributed by atoms with Crippen LogP contribution in [0.15, 0.2) is 14.8 Å². The third-order valence-corrected chi connectivity index (χ3v) is 3.35. The molecule has 0 aliphatic carbocycles. The highest BCUT2D eigenvalue weighted by molar-refractivity contribution is 7.58. The zero-order chi connectivity index (χ0) is 13.4. The van der Waals surface area contributed by atoms with Gasteiger partial charge in [0.05, 0.1) is 27.1 Å². The average Bonchev–Trinajstić information content (AvgIpc) is 3.04. The van der Waals surface area contributed by atoms with Crippen molar-refractivity contribution in [2.45, 2.75) is 0 Å². The molecule has 2 aromatic rings. The molecule has 19 heavy (non-hydrogen) atoms. The Morgan fingerprint density at radius 1 is 1.26 bits per heavy atom. The Labute approximate surface area is 119 Å². The number of hydrogen-bond acceptors (Lipinski definition) is 6. The van der Waals surface area contributed by atoms with E-state index in [0.717, 1.165) is 11.4 Å². The lowest BCUT2D eigenvalue weighted by Crippen LogP contribution is -2.14. The first-order valence-corrected chi connectivity index (χ1v) is 6.30. The molecule has 1 aromatic carbocycles. The number of benzene rings is 1. The third-order valence-electron chi connectivity index (χ3n) is 2.23. The van der Waals surface area contributed by atoms with E-state index >= 15 is 0 Å². The highest BCUT2D eigenvalue weighted by atomic mass is 35.5. The van der Waals surface area contributed by atoms with Crippen molar-refractivity contribution in [1.82, 2.24) is 20.6 Å². The Morgan fingerprint density at radius 3 is 2.79 bits per heavy atom. The number of rotatable bonds is 2. The van der Waals surface area contributed by atoms with Crippen LogP contribution >= 0.6 is 23.2 Å². The summed E-state index contributed by atoms with van der Waals surface area (Å²) in [5.74, 6) is -0.672. The van der Waals surface area contributed by atoms with E-state index in [9.17, 15) is 4.79 Å². The summed E-state index contributed by atoms with van der Waals surface area (Å²) in [7, 11) is 0. The molecule has 96 valence electrons. The Hall–Kier alpha value is -1.84. The quantitative estimate of drug-likeness (QED) is 0.757. The number of H-pyrrole nitrogens is 1. The fourth-order valence-electron chi connectivity index (χ4n) is 1.42. The summed E-state index contributed by atoms with van der Waals surface area (Å²) in [5, 5.41) is 15.8. The van der Waals surface area contributed by atoms with E-state index in [1.807, 2.05) is 0 Å². The monoisotopic (exact) mass is 315 g/mol. The zero-order valence-corrected chi connectivity index (χ0v) is 11.2. The number of hydrogen-bond donors (Lipinski definition) is 2. The summed E-state index contributed by atoms with van der Waals surface area (Å²) in [6.45, 7) is 0. The molecule has 0 saturated heterocycles. The molecule has 0 atom stereocenters. The van der Waals surface area contributed by atoms with Gasteiger partial charge in [0.2, 0.25) is 0 Å². The van der Waals surface area contributed by atoms with Crippen LogP contribution in [0.1, 0.15) is 10.6 Å². The van der Waals surface area contributed by atoms with Gasteiger partial charge in [-0.15, -0.1) is 10.2 Å². The largest absolute Gasteiger partial charge is 0.316 e. The van der Waals surface area contributed by atoms with E-state index in [0.29, 0.717) is 22.1 Å². The number of tetrazole rings is 1. The van der Waals surface area contributed by atoms with E-state index in [2.05, 4.69) is 34.7 Å². The molecule has 2 heterocycles. The fraction of sp³-hybridized carbons (Fsp3) is 0. The third kappa shape index (κ3) is 2.11. The molecular formula is C8H3Cl2N7OS. The second-order valence-electron chi connectivity index (χ2n) is 3.37. The molecule has 0 fully saturated rings. The van der Waals surface area contributed by atoms with Gasteiger partial charge in [0.1, 0.15) is 11.4 Å². The molecule has 0 spiro atoms. The summed E-state index contributed by atoms with van der Waals surface area (Å²) in [5.41, 5.74) is 1.20. The Kier molecular flexibility index (Phi) is 3.01. The number of halogens is 2. The minimum Gasteiger partial charge on any atom is -0.316 e. The predicted molar refractivity (Wildman–Crippen MR) is 70.1 cm³/mol. The van der Waals surface area contributed by atoms with Crippen molar-refractivity contribution in [1.29, 1.82) is 0 Å². The molecule has 0 radical (unpaired) electrons. The average molecular weight is 316 g/mol. The van der Waals surface area contributed by atoms with Crippen LogP contribution in [-0.2, 0) is 11.4 Å². The van der Waals surface area contributed by atoms with Crippen molar-refractivity contribution < 1.29 is 4.79 Å². The number of carbonyl (C=O) groups excluding carboxylic acids is 1. The number of aromatic amines is 1. The van der Waals surface area contributed by atoms with Crippen LogP contribution in [0.2, 0.25) is 10.0 Å². The summed E-state index contributed by atoms with van der Waals surface area (Å²) < 4.78 is 8.09. The first-order valence-electron chi connectivity index (χ1n) is 4.82.